The average Bonchev–Trinajstić information content (AvgIpc) is 2.82. The Morgan fingerprint density at radius 2 is 1.56 bits per heavy atom. The number of benzene rings is 2. The molecule has 0 unspecified atom stereocenters. The van der Waals surface area contributed by atoms with Gasteiger partial charge in [0.2, 0.25) is 5.91 Å². The lowest BCUT2D eigenvalue weighted by Crippen LogP contribution is -2.41. The van der Waals surface area contributed by atoms with Crippen LogP contribution in [0.25, 0.3) is 0 Å². The number of rotatable bonds is 5. The van der Waals surface area contributed by atoms with Crippen LogP contribution in [0.4, 0.5) is 18.9 Å². The lowest BCUT2D eigenvalue weighted by Gasteiger charge is -2.39. The molecule has 1 atom stereocenters. The molecule has 0 bridgehead atoms. The summed E-state index contributed by atoms with van der Waals surface area (Å²) >= 11 is 0. The van der Waals surface area contributed by atoms with Gasteiger partial charge < -0.3 is 14.2 Å². The number of Topliss-reactive ketones (excluding diaryl/α,β-unsaturated/α-hetero) is 1. The summed E-state index contributed by atoms with van der Waals surface area (Å²) < 4.78 is 57.5. The molecule has 0 spiro atoms. The van der Waals surface area contributed by atoms with Crippen LogP contribution in [-0.2, 0) is 15.8 Å². The molecular weight excluding hydrogens is 451 g/mol. The van der Waals surface area contributed by atoms with E-state index in [0.717, 1.165) is 11.0 Å². The predicted octanol–water partition coefficient (Wildman–Crippen LogP) is 5.26. The summed E-state index contributed by atoms with van der Waals surface area (Å²) in [5, 5.41) is 0. The van der Waals surface area contributed by atoms with Crippen molar-refractivity contribution in [2.75, 3.05) is 26.2 Å². The largest absolute Gasteiger partial charge is 0.496 e. The highest BCUT2D eigenvalue weighted by atomic mass is 19.4. The molecule has 4 rings (SSSR count). The number of hydrogen-bond donors (Lipinski definition) is 0. The zero-order valence-electron chi connectivity index (χ0n) is 19.0. The Kier molecular flexibility index (Phi) is 6.29. The third-order valence-electron chi connectivity index (χ3n) is 6.24. The zero-order valence-corrected chi connectivity index (χ0v) is 19.0. The lowest BCUT2D eigenvalue weighted by molar-refractivity contribution is -0.137. The van der Waals surface area contributed by atoms with E-state index in [1.165, 1.54) is 39.5 Å². The number of carbonyl (C=O) groups is 2. The number of para-hydroxylation sites is 1. The van der Waals surface area contributed by atoms with E-state index in [-0.39, 0.29) is 24.3 Å². The van der Waals surface area contributed by atoms with Crippen LogP contribution in [0.15, 0.2) is 47.7 Å². The summed E-state index contributed by atoms with van der Waals surface area (Å²) in [6.45, 7) is 0. The Morgan fingerprint density at radius 1 is 0.912 bits per heavy atom. The molecular formula is C25H24F3NO5. The topological polar surface area (TPSA) is 65.1 Å². The number of nitrogens with zero attached hydrogens (tertiary/aromatic N) is 1. The molecule has 1 aliphatic carbocycles. The average molecular weight is 475 g/mol. The van der Waals surface area contributed by atoms with Gasteiger partial charge in [-0.15, -0.1) is 0 Å². The SMILES string of the molecule is COc1cc(OC)c([C@@H]2CC(=O)N(c3ccccc3C(F)(F)F)C3=C2C(=O)CCC3)cc1OC. The van der Waals surface area contributed by atoms with Gasteiger partial charge in [-0.3, -0.25) is 14.5 Å². The summed E-state index contributed by atoms with van der Waals surface area (Å²) in [6, 6.07) is 8.20. The maximum absolute atomic E-state index is 13.8. The van der Waals surface area contributed by atoms with E-state index in [2.05, 4.69) is 0 Å². The fourth-order valence-electron chi connectivity index (χ4n) is 4.77. The number of ether oxygens (including phenoxy) is 3. The van der Waals surface area contributed by atoms with Crippen LogP contribution in [0.3, 0.4) is 0 Å². The normalized spacial score (nSPS) is 18.6. The maximum Gasteiger partial charge on any atom is 0.418 e. The monoisotopic (exact) mass is 475 g/mol. The number of halogens is 3. The fraction of sp³-hybridized carbons (Fsp3) is 0.360. The summed E-state index contributed by atoms with van der Waals surface area (Å²) in [5.41, 5.74) is 0.00897. The summed E-state index contributed by atoms with van der Waals surface area (Å²) in [5.74, 6) is -0.197. The summed E-state index contributed by atoms with van der Waals surface area (Å²) in [6.07, 6.45) is -3.83. The van der Waals surface area contributed by atoms with Gasteiger partial charge in [-0.05, 0) is 31.0 Å². The van der Waals surface area contributed by atoms with Crippen LogP contribution < -0.4 is 19.1 Å². The molecule has 9 heteroatoms. The first-order chi connectivity index (χ1) is 16.2. The zero-order chi connectivity index (χ0) is 24.6. The van der Waals surface area contributed by atoms with Crippen molar-refractivity contribution in [3.63, 3.8) is 0 Å². The third kappa shape index (κ3) is 3.99. The molecule has 2 aromatic rings. The number of anilines is 1. The Balaban J connectivity index is 1.93. The molecule has 2 aliphatic rings. The second-order valence-corrected chi connectivity index (χ2v) is 8.09. The summed E-state index contributed by atoms with van der Waals surface area (Å²) in [7, 11) is 4.40. The first-order valence-electron chi connectivity index (χ1n) is 10.8. The standard InChI is InChI=1S/C25H24F3NO5/c1-32-20-13-22(34-3)21(33-2)11-14(20)15-12-23(31)29(18-9-6-10-19(30)24(15)18)17-8-5-4-7-16(17)25(26,27)28/h4-5,7-8,11,13,15H,6,9-10,12H2,1-3H3/t15-/m0/s1. The number of carbonyl (C=O) groups excluding carboxylic acids is 2. The van der Waals surface area contributed by atoms with Gasteiger partial charge in [-0.1, -0.05) is 12.1 Å². The predicted molar refractivity (Wildman–Crippen MR) is 118 cm³/mol. The maximum atomic E-state index is 13.8. The van der Waals surface area contributed by atoms with Crippen LogP contribution >= 0.6 is 0 Å². The van der Waals surface area contributed by atoms with Crippen molar-refractivity contribution in [2.45, 2.75) is 37.8 Å². The number of allylic oxidation sites excluding steroid dienone is 2. The molecule has 6 nitrogen and oxygen atoms in total. The van der Waals surface area contributed by atoms with E-state index in [0.29, 0.717) is 46.9 Å². The Labute approximate surface area is 194 Å². The minimum Gasteiger partial charge on any atom is -0.496 e. The van der Waals surface area contributed by atoms with E-state index >= 15 is 0 Å². The third-order valence-corrected chi connectivity index (χ3v) is 6.24. The highest BCUT2D eigenvalue weighted by Gasteiger charge is 2.44. The van der Waals surface area contributed by atoms with Gasteiger partial charge in [-0.25, -0.2) is 0 Å². The molecule has 0 saturated carbocycles. The molecule has 0 N–H and O–H groups in total. The smallest absolute Gasteiger partial charge is 0.418 e. The molecule has 1 aliphatic heterocycles. The second kappa shape index (κ2) is 9.04. The van der Waals surface area contributed by atoms with Gasteiger partial charge in [0.1, 0.15) is 5.75 Å². The number of ketones is 1. The highest BCUT2D eigenvalue weighted by molar-refractivity contribution is 6.08. The van der Waals surface area contributed by atoms with Gasteiger partial charge in [-0.2, -0.15) is 13.2 Å². The molecule has 2 aromatic carbocycles. The number of hydrogen-bond acceptors (Lipinski definition) is 5. The van der Waals surface area contributed by atoms with Gasteiger partial charge in [0.25, 0.3) is 0 Å². The van der Waals surface area contributed by atoms with Crippen LogP contribution in [-0.4, -0.2) is 33.0 Å². The van der Waals surface area contributed by atoms with Gasteiger partial charge in [0, 0.05) is 41.7 Å². The van der Waals surface area contributed by atoms with Crippen LogP contribution in [0.1, 0.15) is 42.7 Å². The van der Waals surface area contributed by atoms with Crippen molar-refractivity contribution in [3.05, 3.63) is 58.8 Å². The second-order valence-electron chi connectivity index (χ2n) is 8.09. The quantitative estimate of drug-likeness (QED) is 0.591. The molecule has 0 fully saturated rings. The number of methoxy groups -OCH3 is 3. The summed E-state index contributed by atoms with van der Waals surface area (Å²) in [4.78, 5) is 27.6. The van der Waals surface area contributed by atoms with Crippen molar-refractivity contribution in [1.29, 1.82) is 0 Å². The van der Waals surface area contributed by atoms with Crippen molar-refractivity contribution in [2.24, 2.45) is 0 Å². The van der Waals surface area contributed by atoms with Crippen LogP contribution in [0, 0.1) is 0 Å². The lowest BCUT2D eigenvalue weighted by atomic mass is 9.76. The van der Waals surface area contributed by atoms with Crippen molar-refractivity contribution >= 4 is 17.4 Å². The molecule has 1 heterocycles. The molecule has 0 saturated heterocycles. The van der Waals surface area contributed by atoms with Crippen LogP contribution in [0.2, 0.25) is 0 Å². The Hall–Kier alpha value is -3.49. The van der Waals surface area contributed by atoms with Crippen molar-refractivity contribution in [3.8, 4) is 17.2 Å². The van der Waals surface area contributed by atoms with Crippen molar-refractivity contribution < 1.29 is 37.0 Å². The van der Waals surface area contributed by atoms with E-state index in [1.807, 2.05) is 0 Å². The Morgan fingerprint density at radius 3 is 2.21 bits per heavy atom. The first-order valence-corrected chi connectivity index (χ1v) is 10.8. The Bertz CT molecular complexity index is 1170. The van der Waals surface area contributed by atoms with Gasteiger partial charge >= 0.3 is 6.18 Å². The van der Waals surface area contributed by atoms with Gasteiger partial charge in [0.15, 0.2) is 17.3 Å². The fourth-order valence-corrected chi connectivity index (χ4v) is 4.77. The van der Waals surface area contributed by atoms with Crippen LogP contribution in [0.5, 0.6) is 17.2 Å². The molecule has 180 valence electrons. The highest BCUT2D eigenvalue weighted by Crippen LogP contribution is 2.49. The van der Waals surface area contributed by atoms with E-state index in [9.17, 15) is 22.8 Å². The molecule has 1 amide bonds. The van der Waals surface area contributed by atoms with Crippen molar-refractivity contribution in [1.82, 2.24) is 0 Å². The molecule has 0 aromatic heterocycles. The van der Waals surface area contributed by atoms with E-state index < -0.39 is 23.6 Å². The molecule has 34 heavy (non-hydrogen) atoms. The number of alkyl halides is 3. The van der Waals surface area contributed by atoms with E-state index in [4.69, 9.17) is 14.2 Å². The minimum atomic E-state index is -4.65. The minimum absolute atomic E-state index is 0.190. The number of amides is 1. The van der Waals surface area contributed by atoms with E-state index in [1.54, 1.807) is 12.1 Å². The molecule has 0 radical (unpaired) electrons. The van der Waals surface area contributed by atoms with Gasteiger partial charge in [0.05, 0.1) is 32.6 Å². The first kappa shape index (κ1) is 23.7.